The van der Waals surface area contributed by atoms with Crippen molar-refractivity contribution in [2.24, 2.45) is 0 Å². The molecule has 0 fully saturated rings. The molecule has 2 aromatic heterocycles. The van der Waals surface area contributed by atoms with Crippen LogP contribution in [0, 0.1) is 27.7 Å². The molecule has 2 N–H and O–H groups in total. The number of hydrogen-bond acceptors (Lipinski definition) is 8. The molecule has 0 aliphatic heterocycles. The third-order valence-electron chi connectivity index (χ3n) is 7.57. The van der Waals surface area contributed by atoms with Crippen LogP contribution in [-0.2, 0) is 16.0 Å². The van der Waals surface area contributed by atoms with E-state index in [0.29, 0.717) is 28.4 Å². The summed E-state index contributed by atoms with van der Waals surface area (Å²) in [5.41, 5.74) is 7.66. The van der Waals surface area contributed by atoms with Crippen molar-refractivity contribution in [3.05, 3.63) is 131 Å². The van der Waals surface area contributed by atoms with Crippen LogP contribution >= 0.6 is 23.5 Å². The molecule has 248 valence electrons. The van der Waals surface area contributed by atoms with Crippen LogP contribution in [0.1, 0.15) is 33.9 Å². The Hall–Kier alpha value is -5.20. The topological polar surface area (TPSA) is 120 Å². The minimum atomic E-state index is -0.138. The van der Waals surface area contributed by atoms with Crippen molar-refractivity contribution in [3.8, 4) is 11.4 Å². The van der Waals surface area contributed by atoms with E-state index < -0.39 is 0 Å². The van der Waals surface area contributed by atoms with E-state index in [1.165, 1.54) is 23.5 Å². The zero-order valence-corrected chi connectivity index (χ0v) is 29.3. The first-order valence-corrected chi connectivity index (χ1v) is 17.7. The van der Waals surface area contributed by atoms with Crippen molar-refractivity contribution in [3.63, 3.8) is 0 Å². The highest BCUT2D eigenvalue weighted by atomic mass is 32.2. The van der Waals surface area contributed by atoms with Gasteiger partial charge in [0.2, 0.25) is 11.8 Å². The van der Waals surface area contributed by atoms with Gasteiger partial charge in [0.15, 0.2) is 10.3 Å². The first-order chi connectivity index (χ1) is 23.7. The molecule has 4 aromatic carbocycles. The number of nitrogens with one attached hydrogen (secondary N) is 2. The molecule has 0 bridgehead atoms. The van der Waals surface area contributed by atoms with Gasteiger partial charge in [0.05, 0.1) is 17.9 Å². The zero-order chi connectivity index (χ0) is 34.3. The molecule has 0 aliphatic rings. The maximum atomic E-state index is 12.9. The van der Waals surface area contributed by atoms with Crippen LogP contribution in [0.25, 0.3) is 11.4 Å². The van der Waals surface area contributed by atoms with Crippen LogP contribution in [0.4, 0.5) is 11.4 Å². The van der Waals surface area contributed by atoms with Crippen LogP contribution < -0.4 is 10.6 Å². The fourth-order valence-corrected chi connectivity index (χ4v) is 6.68. The van der Waals surface area contributed by atoms with E-state index in [0.717, 1.165) is 45.0 Å². The highest BCUT2D eigenvalue weighted by Crippen LogP contribution is 2.28. The van der Waals surface area contributed by atoms with Gasteiger partial charge in [-0.15, -0.1) is 20.4 Å². The van der Waals surface area contributed by atoms with Crippen LogP contribution in [0.15, 0.2) is 107 Å². The minimum Gasteiger partial charge on any atom is -0.325 e. The molecule has 0 atom stereocenters. The van der Waals surface area contributed by atoms with Crippen molar-refractivity contribution >= 4 is 46.7 Å². The Morgan fingerprint density at radius 1 is 0.551 bits per heavy atom. The number of benzene rings is 4. The predicted molar refractivity (Wildman–Crippen MR) is 196 cm³/mol. The lowest BCUT2D eigenvalue weighted by Gasteiger charge is -2.13. The van der Waals surface area contributed by atoms with E-state index in [4.69, 9.17) is 0 Å². The van der Waals surface area contributed by atoms with Crippen molar-refractivity contribution in [2.75, 3.05) is 22.1 Å². The van der Waals surface area contributed by atoms with Crippen molar-refractivity contribution < 1.29 is 9.59 Å². The highest BCUT2D eigenvalue weighted by molar-refractivity contribution is 8.00. The summed E-state index contributed by atoms with van der Waals surface area (Å²) in [7, 11) is 0. The van der Waals surface area contributed by atoms with Crippen LogP contribution in [-0.4, -0.2) is 52.8 Å². The first-order valence-electron chi connectivity index (χ1n) is 15.7. The fourth-order valence-electron chi connectivity index (χ4n) is 5.14. The molecule has 0 saturated heterocycles. The van der Waals surface area contributed by atoms with E-state index in [1.54, 1.807) is 0 Å². The number of anilines is 2. The van der Waals surface area contributed by atoms with Gasteiger partial charge in [-0.1, -0.05) is 83.2 Å². The summed E-state index contributed by atoms with van der Waals surface area (Å²) < 4.78 is 3.93. The van der Waals surface area contributed by atoms with Gasteiger partial charge in [0.25, 0.3) is 0 Å². The Bertz CT molecular complexity index is 1940. The summed E-state index contributed by atoms with van der Waals surface area (Å²) in [5, 5.41) is 25.3. The van der Waals surface area contributed by atoms with Gasteiger partial charge in [0.1, 0.15) is 11.6 Å². The number of rotatable bonds is 12. The van der Waals surface area contributed by atoms with Gasteiger partial charge in [-0.25, -0.2) is 0 Å². The van der Waals surface area contributed by atoms with Crippen LogP contribution in [0.2, 0.25) is 0 Å². The summed E-state index contributed by atoms with van der Waals surface area (Å²) in [6, 6.07) is 31.5. The number of hydrogen-bond donors (Lipinski definition) is 2. The fraction of sp³-hybridized carbons (Fsp3) is 0.189. The van der Waals surface area contributed by atoms with E-state index in [9.17, 15) is 9.59 Å². The zero-order valence-electron chi connectivity index (χ0n) is 27.7. The second-order valence-corrected chi connectivity index (χ2v) is 13.6. The number of carbonyl (C=O) groups is 2. The van der Waals surface area contributed by atoms with Gasteiger partial charge in [-0.2, -0.15) is 0 Å². The van der Waals surface area contributed by atoms with Crippen molar-refractivity contribution in [2.45, 2.75) is 44.4 Å². The number of carbonyl (C=O) groups excluding carboxylic acids is 2. The van der Waals surface area contributed by atoms with E-state index in [1.807, 2.05) is 122 Å². The Labute approximate surface area is 293 Å². The molecular formula is C37H36N8O2S2. The Kier molecular flexibility index (Phi) is 10.6. The Balaban J connectivity index is 1.27. The second-order valence-electron chi connectivity index (χ2n) is 11.7. The number of amides is 2. The molecule has 6 rings (SSSR count). The molecule has 2 heterocycles. The van der Waals surface area contributed by atoms with E-state index >= 15 is 0 Å². The van der Waals surface area contributed by atoms with E-state index in [-0.39, 0.29) is 23.3 Å². The molecule has 2 amide bonds. The lowest BCUT2D eigenvalue weighted by molar-refractivity contribution is -0.114. The average Bonchev–Trinajstić information content (AvgIpc) is 3.68. The lowest BCUT2D eigenvalue weighted by Crippen LogP contribution is -2.15. The van der Waals surface area contributed by atoms with Gasteiger partial charge >= 0.3 is 0 Å². The van der Waals surface area contributed by atoms with Gasteiger partial charge in [0, 0.05) is 22.7 Å². The molecule has 0 radical (unpaired) electrons. The predicted octanol–water partition coefficient (Wildman–Crippen LogP) is 7.13. The van der Waals surface area contributed by atoms with Crippen LogP contribution in [0.5, 0.6) is 0 Å². The maximum Gasteiger partial charge on any atom is 0.234 e. The van der Waals surface area contributed by atoms with Gasteiger partial charge in [-0.3, -0.25) is 18.7 Å². The first kappa shape index (κ1) is 33.7. The largest absolute Gasteiger partial charge is 0.325 e. The number of nitrogens with zero attached hydrogens (tertiary/aromatic N) is 6. The minimum absolute atomic E-state index is 0.138. The Morgan fingerprint density at radius 2 is 0.959 bits per heavy atom. The molecule has 49 heavy (non-hydrogen) atoms. The molecule has 0 unspecified atom stereocenters. The molecule has 0 aliphatic carbocycles. The smallest absolute Gasteiger partial charge is 0.234 e. The summed E-state index contributed by atoms with van der Waals surface area (Å²) in [4.78, 5) is 25.8. The molecule has 10 nitrogen and oxygen atoms in total. The quantitative estimate of drug-likeness (QED) is 0.130. The maximum absolute atomic E-state index is 12.9. The lowest BCUT2D eigenvalue weighted by atomic mass is 10.2. The van der Waals surface area contributed by atoms with E-state index in [2.05, 4.69) is 43.2 Å². The summed E-state index contributed by atoms with van der Waals surface area (Å²) in [6.07, 6.45) is 0.300. The van der Waals surface area contributed by atoms with Gasteiger partial charge in [-0.05, 0) is 87.4 Å². The van der Waals surface area contributed by atoms with Gasteiger partial charge < -0.3 is 10.6 Å². The second kappa shape index (κ2) is 15.3. The number of aromatic nitrogens is 6. The molecule has 0 spiro atoms. The number of aryl methyl sites for hydroxylation is 4. The normalized spacial score (nSPS) is 11.0. The average molecular weight is 689 g/mol. The highest BCUT2D eigenvalue weighted by Gasteiger charge is 2.22. The Morgan fingerprint density at radius 3 is 1.35 bits per heavy atom. The summed E-state index contributed by atoms with van der Waals surface area (Å²) in [5.74, 6) is 1.32. The summed E-state index contributed by atoms with van der Waals surface area (Å²) >= 11 is 2.63. The SMILES string of the molecule is Cc1ccc(NC(=O)CSc2nnc(Cc3nnc(SCC(=O)Nc4ccc(C)cc4)n3-c3cccc(C)c3)n2-c2cccc(C)c2)cc1. The van der Waals surface area contributed by atoms with Crippen molar-refractivity contribution in [1.29, 1.82) is 0 Å². The molecule has 6 aromatic rings. The van der Waals surface area contributed by atoms with Crippen molar-refractivity contribution in [1.82, 2.24) is 29.5 Å². The summed E-state index contributed by atoms with van der Waals surface area (Å²) in [6.45, 7) is 8.07. The number of thioether (sulfide) groups is 2. The third kappa shape index (κ3) is 8.64. The van der Waals surface area contributed by atoms with Crippen LogP contribution in [0.3, 0.4) is 0 Å². The standard InChI is InChI=1S/C37H36N8O2S2/c1-24-11-15-28(16-12-24)38-34(46)22-48-36-42-40-32(44(36)30-9-5-7-26(3)19-30)21-33-41-43-37(45(33)31-10-6-8-27(4)20-31)49-23-35(47)39-29-17-13-25(2)14-18-29/h5-20H,21-23H2,1-4H3,(H,38,46)(H,39,47). The molecular weight excluding hydrogens is 653 g/mol. The molecule has 12 heteroatoms. The molecule has 0 saturated carbocycles. The third-order valence-corrected chi connectivity index (χ3v) is 9.43. The monoisotopic (exact) mass is 688 g/mol.